The third-order valence-electron chi connectivity index (χ3n) is 3.96. The van der Waals surface area contributed by atoms with Crippen molar-refractivity contribution in [3.05, 3.63) is 16.6 Å². The van der Waals surface area contributed by atoms with Gasteiger partial charge in [-0.15, -0.1) is 0 Å². The van der Waals surface area contributed by atoms with Gasteiger partial charge in [-0.25, -0.2) is 9.67 Å². The summed E-state index contributed by atoms with van der Waals surface area (Å²) in [6.45, 7) is 3.37. The monoisotopic (exact) mass is 446 g/mol. The van der Waals surface area contributed by atoms with Crippen molar-refractivity contribution in [2.75, 3.05) is 6.61 Å². The van der Waals surface area contributed by atoms with Gasteiger partial charge in [0.2, 0.25) is 5.28 Å². The molecule has 4 atom stereocenters. The van der Waals surface area contributed by atoms with Crippen LogP contribution in [-0.2, 0) is 33.3 Å². The molecule has 0 spiro atoms. The summed E-state index contributed by atoms with van der Waals surface area (Å²) < 4.78 is 22.8. The minimum Gasteiger partial charge on any atom is -0.463 e. The lowest BCUT2D eigenvalue weighted by molar-refractivity contribution is -0.166. The van der Waals surface area contributed by atoms with Crippen LogP contribution in [0, 0.1) is 0 Å². The molecule has 0 bridgehead atoms. The van der Waals surface area contributed by atoms with Crippen LogP contribution in [0.15, 0.2) is 6.20 Å². The highest BCUT2D eigenvalue weighted by Gasteiger charge is 2.51. The molecule has 0 radical (unpaired) electrons. The minimum absolute atomic E-state index is 0.0706. The van der Waals surface area contributed by atoms with Crippen molar-refractivity contribution >= 4 is 52.1 Å². The Bertz CT molecular complexity index is 966. The van der Waals surface area contributed by atoms with Gasteiger partial charge in [0.1, 0.15) is 17.9 Å². The predicted molar refractivity (Wildman–Crippen MR) is 97.0 cm³/mol. The topological polar surface area (TPSA) is 132 Å². The smallest absolute Gasteiger partial charge is 0.303 e. The van der Waals surface area contributed by atoms with Crippen LogP contribution in [0.2, 0.25) is 10.4 Å². The molecule has 0 aromatic carbocycles. The third-order valence-corrected chi connectivity index (χ3v) is 4.42. The fourth-order valence-electron chi connectivity index (χ4n) is 2.94. The maximum Gasteiger partial charge on any atom is 0.303 e. The fourth-order valence-corrected chi connectivity index (χ4v) is 3.36. The fraction of sp³-hybridized carbons (Fsp3) is 0.500. The number of nitrogens with zero attached hydrogens (tertiary/aromatic N) is 4. The standard InChI is InChI=1S/C16H16Cl2N4O7/c1-6(23)26-5-10-11(27-7(2)24)12(28-8(3)25)15(29-10)22-14-9(4-19-22)13(17)20-16(18)21-14/h4,10-12,15H,5H2,1-3H3/t10-,11?,12?,15-/m1/s1. The van der Waals surface area contributed by atoms with Crippen LogP contribution in [0.5, 0.6) is 0 Å². The van der Waals surface area contributed by atoms with Gasteiger partial charge in [-0.05, 0) is 11.6 Å². The highest BCUT2D eigenvalue weighted by Crippen LogP contribution is 2.36. The van der Waals surface area contributed by atoms with E-state index in [-0.39, 0.29) is 22.7 Å². The van der Waals surface area contributed by atoms with Gasteiger partial charge in [0.25, 0.3) is 0 Å². The molecule has 2 unspecified atom stereocenters. The average molecular weight is 447 g/mol. The van der Waals surface area contributed by atoms with Crippen molar-refractivity contribution < 1.29 is 33.3 Å². The molecular formula is C16H16Cl2N4O7. The highest BCUT2D eigenvalue weighted by atomic mass is 35.5. The van der Waals surface area contributed by atoms with Gasteiger partial charge in [0.15, 0.2) is 24.1 Å². The van der Waals surface area contributed by atoms with Gasteiger partial charge in [-0.3, -0.25) is 14.4 Å². The molecule has 1 fully saturated rings. The normalized spacial score (nSPS) is 23.8. The molecule has 0 amide bonds. The lowest BCUT2D eigenvalue weighted by atomic mass is 10.1. The highest BCUT2D eigenvalue weighted by molar-refractivity contribution is 6.35. The first-order valence-corrected chi connectivity index (χ1v) is 9.12. The number of ether oxygens (including phenoxy) is 4. The number of hydrogen-bond acceptors (Lipinski definition) is 10. The summed E-state index contributed by atoms with van der Waals surface area (Å²) in [7, 11) is 0. The Balaban J connectivity index is 2.04. The zero-order chi connectivity index (χ0) is 21.3. The van der Waals surface area contributed by atoms with Crippen LogP contribution >= 0.6 is 23.2 Å². The Morgan fingerprint density at radius 3 is 2.34 bits per heavy atom. The third kappa shape index (κ3) is 4.57. The Kier molecular flexibility index (Phi) is 6.20. The number of aromatic nitrogens is 4. The van der Waals surface area contributed by atoms with Crippen LogP contribution in [-0.4, -0.2) is 62.6 Å². The maximum atomic E-state index is 11.7. The van der Waals surface area contributed by atoms with E-state index in [1.807, 2.05) is 0 Å². The van der Waals surface area contributed by atoms with Crippen LogP contribution < -0.4 is 0 Å². The molecule has 2 aromatic rings. The van der Waals surface area contributed by atoms with Crippen molar-refractivity contribution in [2.24, 2.45) is 0 Å². The van der Waals surface area contributed by atoms with Gasteiger partial charge in [0.05, 0.1) is 11.6 Å². The van der Waals surface area contributed by atoms with Crippen molar-refractivity contribution in [3.8, 4) is 0 Å². The molecular weight excluding hydrogens is 431 g/mol. The zero-order valence-corrected chi connectivity index (χ0v) is 17.0. The summed E-state index contributed by atoms with van der Waals surface area (Å²) >= 11 is 12.0. The molecule has 1 aliphatic heterocycles. The number of hydrogen-bond donors (Lipinski definition) is 0. The second-order valence-electron chi connectivity index (χ2n) is 6.13. The second kappa shape index (κ2) is 8.47. The quantitative estimate of drug-likeness (QED) is 0.287. The number of fused-ring (bicyclic) bond motifs is 1. The van der Waals surface area contributed by atoms with E-state index in [0.29, 0.717) is 5.39 Å². The average Bonchev–Trinajstić information content (AvgIpc) is 3.15. The van der Waals surface area contributed by atoms with E-state index in [2.05, 4.69) is 15.1 Å². The molecule has 3 rings (SSSR count). The van der Waals surface area contributed by atoms with E-state index in [9.17, 15) is 14.4 Å². The van der Waals surface area contributed by atoms with E-state index < -0.39 is 42.4 Å². The van der Waals surface area contributed by atoms with E-state index in [1.54, 1.807) is 0 Å². The molecule has 0 saturated carbocycles. The number of halogens is 2. The van der Waals surface area contributed by atoms with E-state index in [1.165, 1.54) is 31.6 Å². The molecule has 29 heavy (non-hydrogen) atoms. The minimum atomic E-state index is -1.10. The summed E-state index contributed by atoms with van der Waals surface area (Å²) in [5.74, 6) is -1.84. The zero-order valence-electron chi connectivity index (χ0n) is 15.5. The van der Waals surface area contributed by atoms with E-state index in [0.717, 1.165) is 0 Å². The van der Waals surface area contributed by atoms with Crippen LogP contribution in [0.3, 0.4) is 0 Å². The molecule has 156 valence electrons. The molecule has 1 saturated heterocycles. The molecule has 2 aromatic heterocycles. The first kappa shape index (κ1) is 21.2. The van der Waals surface area contributed by atoms with Gasteiger partial charge >= 0.3 is 17.9 Å². The SMILES string of the molecule is CC(=O)OC[C@H]1O[C@@H](n2ncc3c(Cl)nc(Cl)nc32)C(OC(C)=O)C1OC(C)=O. The van der Waals surface area contributed by atoms with Crippen molar-refractivity contribution in [2.45, 2.75) is 45.3 Å². The summed E-state index contributed by atoms with van der Waals surface area (Å²) in [5.41, 5.74) is 0.215. The molecule has 1 aliphatic rings. The summed E-state index contributed by atoms with van der Waals surface area (Å²) in [6.07, 6.45) is -2.77. The second-order valence-corrected chi connectivity index (χ2v) is 6.82. The molecule has 13 heteroatoms. The van der Waals surface area contributed by atoms with Crippen molar-refractivity contribution in [1.29, 1.82) is 0 Å². The predicted octanol–water partition coefficient (Wildman–Crippen LogP) is 1.46. The Hall–Kier alpha value is -2.50. The lowest BCUT2D eigenvalue weighted by Gasteiger charge is -2.23. The van der Waals surface area contributed by atoms with Gasteiger partial charge in [0, 0.05) is 20.8 Å². The maximum absolute atomic E-state index is 11.7. The molecule has 0 aliphatic carbocycles. The first-order valence-electron chi connectivity index (χ1n) is 8.37. The van der Waals surface area contributed by atoms with E-state index in [4.69, 9.17) is 42.1 Å². The number of esters is 3. The Morgan fingerprint density at radius 2 is 1.72 bits per heavy atom. The number of carbonyl (C=O) groups is 3. The number of rotatable bonds is 5. The van der Waals surface area contributed by atoms with Crippen LogP contribution in [0.4, 0.5) is 0 Å². The Labute approximate surface area is 174 Å². The summed E-state index contributed by atoms with van der Waals surface area (Å²) in [5, 5.41) is 4.51. The van der Waals surface area contributed by atoms with Crippen molar-refractivity contribution in [1.82, 2.24) is 19.7 Å². The van der Waals surface area contributed by atoms with Gasteiger partial charge < -0.3 is 18.9 Å². The van der Waals surface area contributed by atoms with Crippen LogP contribution in [0.1, 0.15) is 27.0 Å². The summed E-state index contributed by atoms with van der Waals surface area (Å²) in [6, 6.07) is 0. The molecule has 0 N–H and O–H groups in total. The largest absolute Gasteiger partial charge is 0.463 e. The van der Waals surface area contributed by atoms with Gasteiger partial charge in [-0.1, -0.05) is 11.6 Å². The number of carbonyl (C=O) groups excluding carboxylic acids is 3. The van der Waals surface area contributed by atoms with E-state index >= 15 is 0 Å². The molecule has 3 heterocycles. The van der Waals surface area contributed by atoms with Crippen molar-refractivity contribution in [3.63, 3.8) is 0 Å². The Morgan fingerprint density at radius 1 is 1.07 bits per heavy atom. The first-order chi connectivity index (χ1) is 13.7. The molecule has 11 nitrogen and oxygen atoms in total. The summed E-state index contributed by atoms with van der Waals surface area (Å²) in [4.78, 5) is 42.4. The van der Waals surface area contributed by atoms with Gasteiger partial charge in [-0.2, -0.15) is 10.1 Å². The lowest BCUT2D eigenvalue weighted by Crippen LogP contribution is -2.40. The van der Waals surface area contributed by atoms with Crippen LogP contribution in [0.25, 0.3) is 11.0 Å².